The fourth-order valence-corrected chi connectivity index (χ4v) is 0. The third-order valence-corrected chi connectivity index (χ3v) is 0. The molecule has 0 nitrogen and oxygen atoms in total. The van der Waals surface area contributed by atoms with Gasteiger partial charge in [-0.2, -0.15) is 0 Å². The van der Waals surface area contributed by atoms with Crippen LogP contribution in [-0.4, -0.2) is 0 Å². The molecule has 0 aliphatic rings. The molecule has 0 spiro atoms. The van der Waals surface area contributed by atoms with Gasteiger partial charge in [-0.05, 0) is 0 Å². The van der Waals surface area contributed by atoms with Crippen molar-refractivity contribution in [2.24, 2.45) is 0 Å². The van der Waals surface area contributed by atoms with Crippen LogP contribution in [0.4, 0.5) is 4.70 Å². The Bertz CT molecular complexity index is 13.5. The van der Waals surface area contributed by atoms with Gasteiger partial charge in [0, 0.05) is 26.2 Å². The Morgan fingerprint density at radius 1 is 1.25 bits per heavy atom. The van der Waals surface area contributed by atoms with Crippen molar-refractivity contribution in [3.63, 3.8) is 0 Å². The standard InChI is InChI=1S/FH.Li.Na.Zr.2H/h1H;;;;;/q;2*+1;;2*-1. The third kappa shape index (κ3) is 8.83. The normalized spacial score (nSPS) is 0. The fraction of sp³-hybridized carbons (Fsp3) is 0. The molecule has 0 fully saturated rings. The van der Waals surface area contributed by atoms with Gasteiger partial charge in [-0.1, -0.05) is 0 Å². The van der Waals surface area contributed by atoms with E-state index in [0.717, 1.165) is 0 Å². The maximum absolute atomic E-state index is 0. The van der Waals surface area contributed by atoms with Crippen molar-refractivity contribution < 1.29 is 82.2 Å². The summed E-state index contributed by atoms with van der Waals surface area (Å²) in [4.78, 5) is 0. The third-order valence-electron chi connectivity index (χ3n) is 0. The Kier molecular flexibility index (Phi) is 146. The molecule has 0 aromatic rings. The van der Waals surface area contributed by atoms with Gasteiger partial charge in [0.25, 0.3) is 0 Å². The van der Waals surface area contributed by atoms with Gasteiger partial charge < -0.3 is 2.85 Å². The molecule has 0 aliphatic heterocycles. The van der Waals surface area contributed by atoms with Crippen LogP contribution in [0.25, 0.3) is 0 Å². The fourth-order valence-electron chi connectivity index (χ4n) is 0. The van der Waals surface area contributed by atoms with Crippen molar-refractivity contribution in [3.05, 3.63) is 0 Å². The summed E-state index contributed by atoms with van der Waals surface area (Å²) < 4.78 is 0. The zero-order chi connectivity index (χ0) is 0. The Hall–Kier alpha value is 2.41. The average molecular weight is 143 g/mol. The van der Waals surface area contributed by atoms with Crippen molar-refractivity contribution in [3.8, 4) is 0 Å². The van der Waals surface area contributed by atoms with E-state index in [1.165, 1.54) is 0 Å². The molecule has 0 aromatic carbocycles. The van der Waals surface area contributed by atoms with Crippen LogP contribution in [0.3, 0.4) is 0 Å². The Morgan fingerprint density at radius 2 is 1.25 bits per heavy atom. The molecular formula is H3FLiNaZr. The van der Waals surface area contributed by atoms with Crippen LogP contribution in [-0.2, 0) is 26.2 Å². The summed E-state index contributed by atoms with van der Waals surface area (Å²) in [6, 6.07) is 0. The largest absolute Gasteiger partial charge is 1.00 e. The summed E-state index contributed by atoms with van der Waals surface area (Å²) in [7, 11) is 0. The second-order valence-electron chi connectivity index (χ2n) is 0. The summed E-state index contributed by atoms with van der Waals surface area (Å²) in [5.41, 5.74) is 0. The maximum Gasteiger partial charge on any atom is 1.00 e. The SMILES string of the molecule is F.[H-].[H-].[Li+].[Na+].[Zr]. The molecule has 0 N–H and O–H groups in total. The van der Waals surface area contributed by atoms with Gasteiger partial charge in [0.15, 0.2) is 0 Å². The van der Waals surface area contributed by atoms with Gasteiger partial charge in [-0.25, -0.2) is 0 Å². The van der Waals surface area contributed by atoms with Gasteiger partial charge >= 0.3 is 48.4 Å². The predicted molar refractivity (Wildman–Crippen MR) is 4.73 cm³/mol. The number of hydrogen-bond acceptors (Lipinski definition) is 0. The monoisotopic (exact) mass is 142 g/mol. The predicted octanol–water partition coefficient (Wildman–Crippen LogP) is -5.62. The molecule has 0 bridgehead atoms. The Labute approximate surface area is 81.0 Å². The summed E-state index contributed by atoms with van der Waals surface area (Å²) in [6.07, 6.45) is 0. The van der Waals surface area contributed by atoms with Gasteiger partial charge in [0.1, 0.15) is 0 Å². The van der Waals surface area contributed by atoms with Crippen LogP contribution in [0.5, 0.6) is 0 Å². The minimum absolute atomic E-state index is 0. The zero-order valence-electron chi connectivity index (χ0n) is 4.91. The van der Waals surface area contributed by atoms with Crippen molar-refractivity contribution in [1.29, 1.82) is 0 Å². The van der Waals surface area contributed by atoms with E-state index in [1.807, 2.05) is 0 Å². The Morgan fingerprint density at radius 3 is 1.25 bits per heavy atom. The molecule has 0 saturated carbocycles. The first-order valence-corrected chi connectivity index (χ1v) is 0. The number of hydrogen-bond donors (Lipinski definition) is 0. The second kappa shape index (κ2) is 18.1. The minimum Gasteiger partial charge on any atom is -1.00 e. The van der Waals surface area contributed by atoms with Gasteiger partial charge in [0.2, 0.25) is 0 Å². The van der Waals surface area contributed by atoms with Gasteiger partial charge in [-0.3, -0.25) is 4.70 Å². The first-order chi connectivity index (χ1) is 0. The van der Waals surface area contributed by atoms with Crippen LogP contribution in [0, 0.1) is 0 Å². The molecule has 0 unspecified atom stereocenters. The van der Waals surface area contributed by atoms with Crippen LogP contribution < -0.4 is 48.4 Å². The van der Waals surface area contributed by atoms with E-state index < -0.39 is 0 Å². The van der Waals surface area contributed by atoms with E-state index >= 15 is 0 Å². The topological polar surface area (TPSA) is 0 Å². The van der Waals surface area contributed by atoms with E-state index in [4.69, 9.17) is 0 Å². The number of halogens is 1. The second-order valence-corrected chi connectivity index (χ2v) is 0. The summed E-state index contributed by atoms with van der Waals surface area (Å²) in [6.45, 7) is 0. The summed E-state index contributed by atoms with van der Waals surface area (Å²) >= 11 is 0. The molecule has 0 rings (SSSR count). The van der Waals surface area contributed by atoms with Crippen molar-refractivity contribution in [2.45, 2.75) is 0 Å². The molecule has 16 valence electrons. The first-order valence-electron chi connectivity index (χ1n) is 0. The van der Waals surface area contributed by atoms with E-state index in [0.29, 0.717) is 0 Å². The van der Waals surface area contributed by atoms with Crippen LogP contribution >= 0.6 is 0 Å². The molecule has 0 saturated heterocycles. The van der Waals surface area contributed by atoms with Gasteiger partial charge in [0.05, 0.1) is 0 Å². The van der Waals surface area contributed by atoms with Crippen LogP contribution in [0.2, 0.25) is 0 Å². The van der Waals surface area contributed by atoms with E-state index in [-0.39, 0.29) is 82.2 Å². The molecule has 4 heavy (non-hydrogen) atoms. The van der Waals surface area contributed by atoms with Gasteiger partial charge in [-0.15, -0.1) is 0 Å². The van der Waals surface area contributed by atoms with Crippen molar-refractivity contribution in [2.75, 3.05) is 0 Å². The average Bonchev–Trinajstić information content (AvgIpc) is 0. The molecule has 0 heterocycles. The van der Waals surface area contributed by atoms with Crippen molar-refractivity contribution in [1.82, 2.24) is 0 Å². The molecule has 0 atom stereocenters. The smallest absolute Gasteiger partial charge is 1.00 e. The Balaban J connectivity index is 0. The van der Waals surface area contributed by atoms with E-state index in [9.17, 15) is 0 Å². The molecule has 0 amide bonds. The minimum atomic E-state index is 0. The van der Waals surface area contributed by atoms with Crippen LogP contribution in [0.1, 0.15) is 2.85 Å². The quantitative estimate of drug-likeness (QED) is 0.297. The molecule has 0 radical (unpaired) electrons. The van der Waals surface area contributed by atoms with E-state index in [1.54, 1.807) is 0 Å². The van der Waals surface area contributed by atoms with Crippen LogP contribution in [0.15, 0.2) is 0 Å². The summed E-state index contributed by atoms with van der Waals surface area (Å²) in [5, 5.41) is 0. The maximum atomic E-state index is 0. The molecule has 0 aliphatic carbocycles. The number of rotatable bonds is 0. The molecular weight excluding hydrogens is 140 g/mol. The molecule has 4 heteroatoms. The van der Waals surface area contributed by atoms with Crippen molar-refractivity contribution >= 4 is 0 Å². The molecule has 0 aromatic heterocycles. The summed E-state index contributed by atoms with van der Waals surface area (Å²) in [5.74, 6) is 0. The van der Waals surface area contributed by atoms with E-state index in [2.05, 4.69) is 0 Å². The zero-order valence-corrected chi connectivity index (χ0v) is 7.37. The first kappa shape index (κ1) is 32.3.